The van der Waals surface area contributed by atoms with Crippen LogP contribution in [0.1, 0.15) is 25.8 Å². The molecule has 1 nitrogen and oxygen atoms in total. The van der Waals surface area contributed by atoms with Crippen LogP contribution in [0.4, 0.5) is 0 Å². The Hall–Kier alpha value is -1.24. The van der Waals surface area contributed by atoms with E-state index in [2.05, 4.69) is 62.7 Å². The minimum absolute atomic E-state index is 0.394. The number of nitrogens with zero attached hydrogens (tertiary/aromatic N) is 1. The normalized spacial score (nSPS) is 27.6. The molecule has 0 heterocycles. The molecular weight excluding hydrogens is 194 g/mol. The van der Waals surface area contributed by atoms with Gasteiger partial charge in [-0.25, -0.2) is 0 Å². The van der Waals surface area contributed by atoms with E-state index in [4.69, 9.17) is 0 Å². The SMILES string of the molecule is C=C(C)N(C)CC1CC1(C)c1ccccc1. The lowest BCUT2D eigenvalue weighted by atomic mass is 9.95. The Kier molecular flexibility index (Phi) is 2.79. The Morgan fingerprint density at radius 3 is 2.62 bits per heavy atom. The van der Waals surface area contributed by atoms with Gasteiger partial charge in [0.2, 0.25) is 0 Å². The fourth-order valence-corrected chi connectivity index (χ4v) is 2.38. The first-order valence-electron chi connectivity index (χ1n) is 5.96. The summed E-state index contributed by atoms with van der Waals surface area (Å²) in [4.78, 5) is 2.26. The summed E-state index contributed by atoms with van der Waals surface area (Å²) in [5.41, 5.74) is 3.03. The van der Waals surface area contributed by atoms with Gasteiger partial charge < -0.3 is 4.90 Å². The number of allylic oxidation sites excluding steroid dienone is 1. The van der Waals surface area contributed by atoms with Crippen LogP contribution in [0.3, 0.4) is 0 Å². The quantitative estimate of drug-likeness (QED) is 0.743. The Morgan fingerprint density at radius 2 is 2.06 bits per heavy atom. The lowest BCUT2D eigenvalue weighted by Gasteiger charge is -2.20. The topological polar surface area (TPSA) is 3.24 Å². The largest absolute Gasteiger partial charge is 0.378 e. The van der Waals surface area contributed by atoms with Gasteiger partial charge in [-0.05, 0) is 30.2 Å². The lowest BCUT2D eigenvalue weighted by Crippen LogP contribution is -2.21. The molecule has 1 aliphatic carbocycles. The molecule has 1 aromatic rings. The summed E-state index contributed by atoms with van der Waals surface area (Å²) in [6, 6.07) is 10.9. The third-order valence-corrected chi connectivity index (χ3v) is 3.99. The Morgan fingerprint density at radius 1 is 1.44 bits per heavy atom. The highest BCUT2D eigenvalue weighted by Crippen LogP contribution is 2.54. The van der Waals surface area contributed by atoms with Crippen molar-refractivity contribution in [3.05, 3.63) is 48.2 Å². The van der Waals surface area contributed by atoms with Gasteiger partial charge in [0.05, 0.1) is 0 Å². The molecule has 2 atom stereocenters. The fourth-order valence-electron chi connectivity index (χ4n) is 2.38. The molecule has 0 radical (unpaired) electrons. The van der Waals surface area contributed by atoms with Crippen LogP contribution in [0.15, 0.2) is 42.6 Å². The van der Waals surface area contributed by atoms with Crippen LogP contribution in [0.2, 0.25) is 0 Å². The lowest BCUT2D eigenvalue weighted by molar-refractivity contribution is 0.383. The predicted octanol–water partition coefficient (Wildman–Crippen LogP) is 3.43. The first-order chi connectivity index (χ1) is 7.54. The monoisotopic (exact) mass is 215 g/mol. The molecule has 1 saturated carbocycles. The van der Waals surface area contributed by atoms with E-state index < -0.39 is 0 Å². The summed E-state index contributed by atoms with van der Waals surface area (Å²) in [6.45, 7) is 9.55. The van der Waals surface area contributed by atoms with Gasteiger partial charge in [0.1, 0.15) is 0 Å². The van der Waals surface area contributed by atoms with Crippen molar-refractivity contribution in [3.8, 4) is 0 Å². The van der Waals surface area contributed by atoms with Gasteiger partial charge in [-0.1, -0.05) is 43.8 Å². The molecule has 0 amide bonds. The summed E-state index contributed by atoms with van der Waals surface area (Å²) in [5.74, 6) is 0.775. The molecule has 86 valence electrons. The van der Waals surface area contributed by atoms with Crippen molar-refractivity contribution in [1.29, 1.82) is 0 Å². The molecule has 0 spiro atoms. The first kappa shape index (κ1) is 11.3. The molecule has 0 aliphatic heterocycles. The maximum atomic E-state index is 3.98. The Labute approximate surface area is 98.8 Å². The molecule has 16 heavy (non-hydrogen) atoms. The second-order valence-corrected chi connectivity index (χ2v) is 5.30. The van der Waals surface area contributed by atoms with E-state index in [1.54, 1.807) is 0 Å². The van der Waals surface area contributed by atoms with Crippen LogP contribution in [0, 0.1) is 5.92 Å². The predicted molar refractivity (Wildman–Crippen MR) is 69.3 cm³/mol. The van der Waals surface area contributed by atoms with Crippen molar-refractivity contribution in [2.24, 2.45) is 5.92 Å². The highest BCUT2D eigenvalue weighted by molar-refractivity contribution is 5.32. The van der Waals surface area contributed by atoms with E-state index in [1.165, 1.54) is 12.0 Å². The van der Waals surface area contributed by atoms with Crippen LogP contribution < -0.4 is 0 Å². The van der Waals surface area contributed by atoms with Gasteiger partial charge in [-0.3, -0.25) is 0 Å². The van der Waals surface area contributed by atoms with Crippen LogP contribution >= 0.6 is 0 Å². The van der Waals surface area contributed by atoms with E-state index in [-0.39, 0.29) is 0 Å². The molecule has 1 aromatic carbocycles. The van der Waals surface area contributed by atoms with Crippen LogP contribution in [-0.2, 0) is 5.41 Å². The zero-order valence-corrected chi connectivity index (χ0v) is 10.5. The average Bonchev–Trinajstić information content (AvgIpc) is 2.92. The van der Waals surface area contributed by atoms with Gasteiger partial charge in [0, 0.05) is 19.3 Å². The Bertz CT molecular complexity index is 382. The summed E-state index contributed by atoms with van der Waals surface area (Å²) in [6.07, 6.45) is 1.30. The van der Waals surface area contributed by atoms with E-state index in [9.17, 15) is 0 Å². The van der Waals surface area contributed by atoms with Crippen molar-refractivity contribution in [2.45, 2.75) is 25.7 Å². The molecule has 2 rings (SSSR count). The van der Waals surface area contributed by atoms with Crippen LogP contribution in [0.5, 0.6) is 0 Å². The van der Waals surface area contributed by atoms with E-state index >= 15 is 0 Å². The number of hydrogen-bond acceptors (Lipinski definition) is 1. The molecule has 2 unspecified atom stereocenters. The van der Waals surface area contributed by atoms with E-state index in [0.717, 1.165) is 18.2 Å². The molecule has 1 heteroatoms. The second-order valence-electron chi connectivity index (χ2n) is 5.30. The number of benzene rings is 1. The van der Waals surface area contributed by atoms with Gasteiger partial charge in [-0.15, -0.1) is 0 Å². The van der Waals surface area contributed by atoms with E-state index in [1.807, 2.05) is 0 Å². The number of hydrogen-bond donors (Lipinski definition) is 0. The zero-order chi connectivity index (χ0) is 11.8. The molecule has 0 bridgehead atoms. The van der Waals surface area contributed by atoms with Crippen molar-refractivity contribution in [3.63, 3.8) is 0 Å². The third kappa shape index (κ3) is 1.99. The van der Waals surface area contributed by atoms with Gasteiger partial charge >= 0.3 is 0 Å². The minimum atomic E-state index is 0.394. The Balaban J connectivity index is 2.02. The molecule has 0 saturated heterocycles. The summed E-state index contributed by atoms with van der Waals surface area (Å²) < 4.78 is 0. The molecule has 0 N–H and O–H groups in total. The fraction of sp³-hybridized carbons (Fsp3) is 0.467. The molecule has 1 aliphatic rings. The highest BCUT2D eigenvalue weighted by atomic mass is 15.1. The van der Waals surface area contributed by atoms with Crippen molar-refractivity contribution >= 4 is 0 Å². The maximum absolute atomic E-state index is 3.98. The summed E-state index contributed by atoms with van der Waals surface area (Å²) >= 11 is 0. The smallest absolute Gasteiger partial charge is 0.0208 e. The van der Waals surface area contributed by atoms with Gasteiger partial charge in [0.25, 0.3) is 0 Å². The van der Waals surface area contributed by atoms with Gasteiger partial charge in [-0.2, -0.15) is 0 Å². The zero-order valence-electron chi connectivity index (χ0n) is 10.5. The van der Waals surface area contributed by atoms with E-state index in [0.29, 0.717) is 5.41 Å². The minimum Gasteiger partial charge on any atom is -0.378 e. The van der Waals surface area contributed by atoms with Crippen LogP contribution in [0.25, 0.3) is 0 Å². The summed E-state index contributed by atoms with van der Waals surface area (Å²) in [5, 5.41) is 0. The standard InChI is InChI=1S/C15H21N/c1-12(2)16(4)11-14-10-15(14,3)13-8-6-5-7-9-13/h5-9,14H,1,10-11H2,2-4H3. The second kappa shape index (κ2) is 3.97. The van der Waals surface area contributed by atoms with Crippen molar-refractivity contribution in [1.82, 2.24) is 4.90 Å². The van der Waals surface area contributed by atoms with Crippen molar-refractivity contribution < 1.29 is 0 Å². The first-order valence-corrected chi connectivity index (χ1v) is 5.96. The summed E-state index contributed by atoms with van der Waals surface area (Å²) in [7, 11) is 2.13. The molecule has 1 fully saturated rings. The number of rotatable bonds is 4. The molecule has 0 aromatic heterocycles. The molecular formula is C15H21N. The highest BCUT2D eigenvalue weighted by Gasteiger charge is 2.51. The average molecular weight is 215 g/mol. The third-order valence-electron chi connectivity index (χ3n) is 3.99. The van der Waals surface area contributed by atoms with Gasteiger partial charge in [0.15, 0.2) is 0 Å². The van der Waals surface area contributed by atoms with Crippen LogP contribution in [-0.4, -0.2) is 18.5 Å². The maximum Gasteiger partial charge on any atom is 0.0208 e. The van der Waals surface area contributed by atoms with Crippen molar-refractivity contribution in [2.75, 3.05) is 13.6 Å².